The average molecular weight is 300 g/mol. The van der Waals surface area contributed by atoms with Crippen molar-refractivity contribution in [1.29, 1.82) is 0 Å². The number of halogens is 1. The van der Waals surface area contributed by atoms with Crippen molar-refractivity contribution in [2.75, 3.05) is 20.2 Å². The molecule has 0 spiro atoms. The third-order valence-electron chi connectivity index (χ3n) is 3.63. The van der Waals surface area contributed by atoms with Crippen molar-refractivity contribution < 1.29 is 9.53 Å². The average Bonchev–Trinajstić information content (AvgIpc) is 2.48. The van der Waals surface area contributed by atoms with E-state index in [1.54, 1.807) is 12.3 Å². The van der Waals surface area contributed by atoms with Gasteiger partial charge in [0, 0.05) is 25.3 Å². The molecule has 0 radical (unpaired) electrons. The van der Waals surface area contributed by atoms with Gasteiger partial charge < -0.3 is 10.5 Å². The Hall–Kier alpha value is -1.17. The maximum absolute atomic E-state index is 11.3. The molecule has 1 aromatic rings. The summed E-state index contributed by atoms with van der Waals surface area (Å²) in [6.45, 7) is 2.56. The third-order valence-corrected chi connectivity index (χ3v) is 3.63. The van der Waals surface area contributed by atoms with Crippen LogP contribution in [0, 0.1) is 0 Å². The predicted octanol–water partition coefficient (Wildman–Crippen LogP) is 1.60. The van der Waals surface area contributed by atoms with E-state index in [4.69, 9.17) is 5.73 Å². The van der Waals surface area contributed by atoms with Gasteiger partial charge in [-0.2, -0.15) is 0 Å². The summed E-state index contributed by atoms with van der Waals surface area (Å²) in [6.07, 6.45) is 5.21. The lowest BCUT2D eigenvalue weighted by molar-refractivity contribution is 0.0600. The molecule has 20 heavy (non-hydrogen) atoms. The summed E-state index contributed by atoms with van der Waals surface area (Å²) in [4.78, 5) is 18.0. The molecule has 2 rings (SSSR count). The number of ether oxygens (including phenoxy) is 1. The lowest BCUT2D eigenvalue weighted by Crippen LogP contribution is -2.43. The Labute approximate surface area is 125 Å². The third kappa shape index (κ3) is 4.16. The number of nitrogens with zero attached hydrogens (tertiary/aromatic N) is 2. The molecule has 0 amide bonds. The maximum Gasteiger partial charge on any atom is 0.339 e. The number of hydrogen-bond acceptors (Lipinski definition) is 5. The summed E-state index contributed by atoms with van der Waals surface area (Å²) in [5, 5.41) is 0. The quantitative estimate of drug-likeness (QED) is 0.855. The van der Waals surface area contributed by atoms with Crippen molar-refractivity contribution in [2.45, 2.75) is 31.8 Å². The molecule has 2 N–H and O–H groups in total. The van der Waals surface area contributed by atoms with Crippen molar-refractivity contribution in [3.8, 4) is 0 Å². The van der Waals surface area contributed by atoms with Crippen molar-refractivity contribution in [3.05, 3.63) is 29.6 Å². The molecule has 1 atom stereocenters. The van der Waals surface area contributed by atoms with Crippen LogP contribution in [0.15, 0.2) is 18.3 Å². The highest BCUT2D eigenvalue weighted by Crippen LogP contribution is 2.18. The Morgan fingerprint density at radius 2 is 2.30 bits per heavy atom. The topological polar surface area (TPSA) is 68.5 Å². The van der Waals surface area contributed by atoms with Gasteiger partial charge in [0.2, 0.25) is 0 Å². The molecule has 6 heteroatoms. The van der Waals surface area contributed by atoms with E-state index in [1.165, 1.54) is 20.0 Å². The predicted molar refractivity (Wildman–Crippen MR) is 79.9 cm³/mol. The first-order valence-corrected chi connectivity index (χ1v) is 6.72. The lowest BCUT2D eigenvalue weighted by atomic mass is 10.0. The molecular formula is C14H22ClN3O2. The fourth-order valence-corrected chi connectivity index (χ4v) is 2.50. The Balaban J connectivity index is 0.00000200. The largest absolute Gasteiger partial charge is 0.465 e. The molecule has 112 valence electrons. The number of hydrogen-bond donors (Lipinski definition) is 1. The number of piperidine rings is 1. The molecule has 0 bridgehead atoms. The van der Waals surface area contributed by atoms with Crippen molar-refractivity contribution >= 4 is 18.4 Å². The second kappa shape index (κ2) is 8.19. The highest BCUT2D eigenvalue weighted by molar-refractivity contribution is 5.88. The minimum Gasteiger partial charge on any atom is -0.465 e. The van der Waals surface area contributed by atoms with E-state index < -0.39 is 0 Å². The second-order valence-corrected chi connectivity index (χ2v) is 4.89. The Bertz CT molecular complexity index is 425. The Morgan fingerprint density at radius 3 is 2.90 bits per heavy atom. The van der Waals surface area contributed by atoms with Crippen LogP contribution >= 0.6 is 12.4 Å². The van der Waals surface area contributed by atoms with Gasteiger partial charge in [-0.25, -0.2) is 4.79 Å². The highest BCUT2D eigenvalue weighted by atomic mass is 35.5. The van der Waals surface area contributed by atoms with Crippen LogP contribution in [0.25, 0.3) is 0 Å². The standard InChI is InChI=1S/C14H21N3O2.ClH/c1-19-14(18)11-5-6-12(16-9-11)10-17-7-3-2-4-13(17)8-15;/h5-6,9,13H,2-4,7-8,10,15H2,1H3;1H. The summed E-state index contributed by atoms with van der Waals surface area (Å²) < 4.78 is 4.65. The number of carbonyl (C=O) groups is 1. The van der Waals surface area contributed by atoms with Crippen LogP contribution < -0.4 is 5.73 Å². The molecule has 1 aliphatic rings. The van der Waals surface area contributed by atoms with Crippen molar-refractivity contribution in [3.63, 3.8) is 0 Å². The van der Waals surface area contributed by atoms with E-state index >= 15 is 0 Å². The molecular weight excluding hydrogens is 278 g/mol. The molecule has 2 heterocycles. The van der Waals surface area contributed by atoms with Crippen molar-refractivity contribution in [2.24, 2.45) is 5.73 Å². The van der Waals surface area contributed by atoms with Crippen LogP contribution in [0.3, 0.4) is 0 Å². The number of likely N-dealkylation sites (tertiary alicyclic amines) is 1. The summed E-state index contributed by atoms with van der Waals surface area (Å²) in [5.74, 6) is -0.350. The number of rotatable bonds is 4. The van der Waals surface area contributed by atoms with Gasteiger partial charge in [-0.15, -0.1) is 12.4 Å². The van der Waals surface area contributed by atoms with Crippen LogP contribution in [-0.2, 0) is 11.3 Å². The smallest absolute Gasteiger partial charge is 0.339 e. The first-order valence-electron chi connectivity index (χ1n) is 6.72. The van der Waals surface area contributed by atoms with Gasteiger partial charge in [-0.1, -0.05) is 6.42 Å². The van der Waals surface area contributed by atoms with E-state index in [0.29, 0.717) is 18.2 Å². The number of aromatic nitrogens is 1. The minimum absolute atomic E-state index is 0. The fraction of sp³-hybridized carbons (Fsp3) is 0.571. The molecule has 1 saturated heterocycles. The van der Waals surface area contributed by atoms with Gasteiger partial charge in [-0.05, 0) is 31.5 Å². The zero-order chi connectivity index (χ0) is 13.7. The molecule has 1 fully saturated rings. The molecule has 0 aromatic carbocycles. The number of esters is 1. The van der Waals surface area contributed by atoms with Crippen LogP contribution in [0.2, 0.25) is 0 Å². The summed E-state index contributed by atoms with van der Waals surface area (Å²) >= 11 is 0. The van der Waals surface area contributed by atoms with E-state index in [0.717, 1.165) is 25.2 Å². The molecule has 1 aliphatic heterocycles. The van der Waals surface area contributed by atoms with Gasteiger partial charge in [0.15, 0.2) is 0 Å². The number of pyridine rings is 1. The molecule has 1 unspecified atom stereocenters. The van der Waals surface area contributed by atoms with Crippen LogP contribution in [0.1, 0.15) is 35.3 Å². The monoisotopic (exact) mass is 299 g/mol. The molecule has 0 saturated carbocycles. The number of nitrogens with two attached hydrogens (primary N) is 1. The van der Waals surface area contributed by atoms with E-state index in [9.17, 15) is 4.79 Å². The van der Waals surface area contributed by atoms with Crippen LogP contribution in [-0.4, -0.2) is 42.1 Å². The second-order valence-electron chi connectivity index (χ2n) is 4.89. The lowest BCUT2D eigenvalue weighted by Gasteiger charge is -2.34. The highest BCUT2D eigenvalue weighted by Gasteiger charge is 2.21. The summed E-state index contributed by atoms with van der Waals surface area (Å²) in [7, 11) is 1.37. The van der Waals surface area contributed by atoms with Gasteiger partial charge in [-0.3, -0.25) is 9.88 Å². The summed E-state index contributed by atoms with van der Waals surface area (Å²) in [6, 6.07) is 4.10. The van der Waals surface area contributed by atoms with Gasteiger partial charge in [0.25, 0.3) is 0 Å². The zero-order valence-corrected chi connectivity index (χ0v) is 12.6. The SMILES string of the molecule is COC(=O)c1ccc(CN2CCCCC2CN)nc1.Cl. The van der Waals surface area contributed by atoms with Crippen molar-refractivity contribution in [1.82, 2.24) is 9.88 Å². The normalized spacial score (nSPS) is 19.2. The molecule has 0 aliphatic carbocycles. The van der Waals surface area contributed by atoms with Gasteiger partial charge >= 0.3 is 5.97 Å². The summed E-state index contributed by atoms with van der Waals surface area (Å²) in [5.41, 5.74) is 7.26. The first kappa shape index (κ1) is 16.9. The molecule has 1 aromatic heterocycles. The number of carbonyl (C=O) groups excluding carboxylic acids is 1. The van der Waals surface area contributed by atoms with Crippen LogP contribution in [0.4, 0.5) is 0 Å². The van der Waals surface area contributed by atoms with Gasteiger partial charge in [0.1, 0.15) is 0 Å². The van der Waals surface area contributed by atoms with E-state index in [-0.39, 0.29) is 18.4 Å². The maximum atomic E-state index is 11.3. The first-order chi connectivity index (χ1) is 9.24. The molecule has 5 nitrogen and oxygen atoms in total. The zero-order valence-electron chi connectivity index (χ0n) is 11.7. The van der Waals surface area contributed by atoms with E-state index in [1.807, 2.05) is 6.07 Å². The van der Waals surface area contributed by atoms with E-state index in [2.05, 4.69) is 14.6 Å². The Morgan fingerprint density at radius 1 is 1.50 bits per heavy atom. The van der Waals surface area contributed by atoms with Gasteiger partial charge in [0.05, 0.1) is 18.4 Å². The minimum atomic E-state index is -0.350. The van der Waals surface area contributed by atoms with Crippen LogP contribution in [0.5, 0.6) is 0 Å². The Kier molecular flexibility index (Phi) is 6.91. The fourth-order valence-electron chi connectivity index (χ4n) is 2.50. The number of methoxy groups -OCH3 is 1.